The smallest absolute Gasteiger partial charge is 0.225 e. The molecule has 0 aromatic carbocycles. The second kappa shape index (κ2) is 7.44. The summed E-state index contributed by atoms with van der Waals surface area (Å²) in [6.45, 7) is 1.64. The Morgan fingerprint density at radius 3 is 3.04 bits per heavy atom. The Balaban J connectivity index is 1.61. The number of hydrogen-bond donors (Lipinski definition) is 0. The Hall–Kier alpha value is -2.41. The predicted molar refractivity (Wildman–Crippen MR) is 88.7 cm³/mol. The van der Waals surface area contributed by atoms with E-state index in [4.69, 9.17) is 9.15 Å². The fourth-order valence-corrected chi connectivity index (χ4v) is 2.65. The summed E-state index contributed by atoms with van der Waals surface area (Å²) < 4.78 is 11.1. The molecule has 2 aromatic heterocycles. The first kappa shape index (κ1) is 16.4. The van der Waals surface area contributed by atoms with Crippen LogP contribution < -0.4 is 4.90 Å². The van der Waals surface area contributed by atoms with Gasteiger partial charge in [0.15, 0.2) is 0 Å². The summed E-state index contributed by atoms with van der Waals surface area (Å²) in [4.78, 5) is 24.8. The summed E-state index contributed by atoms with van der Waals surface area (Å²) in [6, 6.07) is 5.57. The molecule has 3 heterocycles. The fraction of sp³-hybridized carbons (Fsp3) is 0.471. The number of carbonyl (C=O) groups excluding carboxylic acids is 1. The minimum atomic E-state index is -0.215. The van der Waals surface area contributed by atoms with Crippen LogP contribution in [-0.2, 0) is 16.0 Å². The number of carbonyl (C=O) groups is 1. The van der Waals surface area contributed by atoms with Crippen molar-refractivity contribution in [2.45, 2.75) is 18.9 Å². The molecule has 3 rings (SSSR count). The number of aryl methyl sites for hydroxylation is 1. The Bertz CT molecular complexity index is 672. The van der Waals surface area contributed by atoms with E-state index in [0.717, 1.165) is 11.5 Å². The van der Waals surface area contributed by atoms with Crippen LogP contribution in [0.25, 0.3) is 0 Å². The molecule has 7 heteroatoms. The number of amides is 1. The maximum Gasteiger partial charge on any atom is 0.225 e. The van der Waals surface area contributed by atoms with Gasteiger partial charge in [0.2, 0.25) is 11.9 Å². The van der Waals surface area contributed by atoms with Crippen LogP contribution in [0.4, 0.5) is 5.95 Å². The molecule has 1 fully saturated rings. The monoisotopic (exact) mass is 330 g/mol. The van der Waals surface area contributed by atoms with Crippen molar-refractivity contribution in [3.8, 4) is 0 Å². The maximum absolute atomic E-state index is 12.4. The van der Waals surface area contributed by atoms with E-state index in [1.807, 2.05) is 42.1 Å². The van der Waals surface area contributed by atoms with Gasteiger partial charge in [0.05, 0.1) is 25.1 Å². The Kier molecular flexibility index (Phi) is 5.10. The highest BCUT2D eigenvalue weighted by Gasteiger charge is 2.26. The fourth-order valence-electron chi connectivity index (χ4n) is 2.65. The molecular weight excluding hydrogens is 308 g/mol. The minimum absolute atomic E-state index is 0.113. The van der Waals surface area contributed by atoms with Crippen LogP contribution in [0, 0.1) is 0 Å². The molecule has 0 unspecified atom stereocenters. The minimum Gasteiger partial charge on any atom is -0.469 e. The third-order valence-corrected chi connectivity index (χ3v) is 3.98. The van der Waals surface area contributed by atoms with E-state index >= 15 is 0 Å². The summed E-state index contributed by atoms with van der Waals surface area (Å²) in [7, 11) is 3.79. The zero-order valence-corrected chi connectivity index (χ0v) is 14.0. The number of rotatable bonds is 5. The van der Waals surface area contributed by atoms with Crippen molar-refractivity contribution >= 4 is 11.9 Å². The average molecular weight is 330 g/mol. The van der Waals surface area contributed by atoms with Crippen LogP contribution >= 0.6 is 0 Å². The molecule has 0 radical (unpaired) electrons. The van der Waals surface area contributed by atoms with Crippen LogP contribution in [-0.4, -0.2) is 54.6 Å². The van der Waals surface area contributed by atoms with Crippen LogP contribution in [0.2, 0.25) is 0 Å². The van der Waals surface area contributed by atoms with E-state index in [9.17, 15) is 4.79 Å². The Morgan fingerprint density at radius 1 is 1.42 bits per heavy atom. The average Bonchev–Trinajstić information content (AvgIpc) is 3.13. The van der Waals surface area contributed by atoms with Gasteiger partial charge in [0, 0.05) is 39.7 Å². The van der Waals surface area contributed by atoms with E-state index in [2.05, 4.69) is 9.97 Å². The SMILES string of the molecule is CN(C)c1nccc([C@@H]2CN(C(=O)CCc3ccco3)CCO2)n1. The molecule has 128 valence electrons. The van der Waals surface area contributed by atoms with Gasteiger partial charge >= 0.3 is 0 Å². The van der Waals surface area contributed by atoms with Gasteiger partial charge in [-0.05, 0) is 18.2 Å². The highest BCUT2D eigenvalue weighted by molar-refractivity contribution is 5.76. The number of ether oxygens (including phenoxy) is 1. The predicted octanol–water partition coefficient (Wildman–Crippen LogP) is 1.67. The molecule has 0 N–H and O–H groups in total. The van der Waals surface area contributed by atoms with E-state index in [0.29, 0.717) is 38.5 Å². The van der Waals surface area contributed by atoms with Crippen molar-refractivity contribution < 1.29 is 13.9 Å². The highest BCUT2D eigenvalue weighted by Crippen LogP contribution is 2.22. The topological polar surface area (TPSA) is 71.7 Å². The van der Waals surface area contributed by atoms with E-state index in [1.54, 1.807) is 12.5 Å². The van der Waals surface area contributed by atoms with Gasteiger partial charge in [0.25, 0.3) is 0 Å². The van der Waals surface area contributed by atoms with E-state index < -0.39 is 0 Å². The first-order valence-corrected chi connectivity index (χ1v) is 8.05. The van der Waals surface area contributed by atoms with Gasteiger partial charge in [-0.25, -0.2) is 9.97 Å². The summed E-state index contributed by atoms with van der Waals surface area (Å²) in [5, 5.41) is 0. The lowest BCUT2D eigenvalue weighted by atomic mass is 10.1. The van der Waals surface area contributed by atoms with Crippen molar-refractivity contribution in [1.29, 1.82) is 0 Å². The van der Waals surface area contributed by atoms with Crippen LogP contribution in [0.5, 0.6) is 0 Å². The molecule has 1 saturated heterocycles. The Labute approximate surface area is 141 Å². The van der Waals surface area contributed by atoms with E-state index in [-0.39, 0.29) is 12.0 Å². The lowest BCUT2D eigenvalue weighted by Crippen LogP contribution is -2.42. The quantitative estimate of drug-likeness (QED) is 0.830. The van der Waals surface area contributed by atoms with Gasteiger partial charge in [-0.3, -0.25) is 4.79 Å². The number of furan rings is 1. The lowest BCUT2D eigenvalue weighted by Gasteiger charge is -2.33. The molecular formula is C17H22N4O3. The summed E-state index contributed by atoms with van der Waals surface area (Å²) in [6.07, 6.45) is 4.19. The standard InChI is InChI=1S/C17H22N4O3/c1-20(2)17-18-8-7-14(19-17)15-12-21(9-11-24-15)16(22)6-5-13-4-3-10-23-13/h3-4,7-8,10,15H,5-6,9,11-12H2,1-2H3/t15-/m0/s1. The molecule has 2 aromatic rings. The van der Waals surface area contributed by atoms with E-state index in [1.165, 1.54) is 0 Å². The molecule has 0 spiro atoms. The van der Waals surface area contributed by atoms with Crippen molar-refractivity contribution in [1.82, 2.24) is 14.9 Å². The molecule has 1 amide bonds. The van der Waals surface area contributed by atoms with Gasteiger partial charge in [-0.2, -0.15) is 0 Å². The molecule has 1 aliphatic heterocycles. The number of anilines is 1. The molecule has 0 bridgehead atoms. The number of nitrogens with zero attached hydrogens (tertiary/aromatic N) is 4. The number of aromatic nitrogens is 2. The van der Waals surface area contributed by atoms with Gasteiger partial charge < -0.3 is 19.0 Å². The summed E-state index contributed by atoms with van der Waals surface area (Å²) >= 11 is 0. The second-order valence-electron chi connectivity index (χ2n) is 5.95. The third-order valence-electron chi connectivity index (χ3n) is 3.98. The summed E-state index contributed by atoms with van der Waals surface area (Å²) in [5.74, 6) is 1.58. The van der Waals surface area contributed by atoms with Gasteiger partial charge in [-0.1, -0.05) is 0 Å². The van der Waals surface area contributed by atoms with Gasteiger partial charge in [-0.15, -0.1) is 0 Å². The van der Waals surface area contributed by atoms with Crippen LogP contribution in [0.15, 0.2) is 35.1 Å². The first-order valence-electron chi connectivity index (χ1n) is 8.05. The largest absolute Gasteiger partial charge is 0.469 e. The number of morpholine rings is 1. The zero-order chi connectivity index (χ0) is 16.9. The lowest BCUT2D eigenvalue weighted by molar-refractivity contribution is -0.139. The van der Waals surface area contributed by atoms with Crippen LogP contribution in [0.1, 0.15) is 24.0 Å². The van der Waals surface area contributed by atoms with Crippen molar-refractivity contribution in [2.24, 2.45) is 0 Å². The molecule has 24 heavy (non-hydrogen) atoms. The molecule has 1 aliphatic rings. The van der Waals surface area contributed by atoms with Crippen molar-refractivity contribution in [2.75, 3.05) is 38.7 Å². The zero-order valence-electron chi connectivity index (χ0n) is 14.0. The highest BCUT2D eigenvalue weighted by atomic mass is 16.5. The second-order valence-corrected chi connectivity index (χ2v) is 5.95. The number of hydrogen-bond acceptors (Lipinski definition) is 6. The normalized spacial score (nSPS) is 17.8. The Morgan fingerprint density at radius 2 is 2.29 bits per heavy atom. The molecule has 1 atom stereocenters. The van der Waals surface area contributed by atoms with Gasteiger partial charge in [0.1, 0.15) is 11.9 Å². The maximum atomic E-state index is 12.4. The molecule has 7 nitrogen and oxygen atoms in total. The molecule has 0 saturated carbocycles. The van der Waals surface area contributed by atoms with Crippen molar-refractivity contribution in [3.05, 3.63) is 42.1 Å². The first-order chi connectivity index (χ1) is 11.6. The molecule has 0 aliphatic carbocycles. The summed E-state index contributed by atoms with van der Waals surface area (Å²) in [5.41, 5.74) is 0.803. The van der Waals surface area contributed by atoms with Crippen molar-refractivity contribution in [3.63, 3.8) is 0 Å². The third kappa shape index (κ3) is 3.91. The van der Waals surface area contributed by atoms with Crippen LogP contribution in [0.3, 0.4) is 0 Å².